The lowest BCUT2D eigenvalue weighted by Gasteiger charge is -2.13. The first-order chi connectivity index (χ1) is 11.1. The van der Waals surface area contributed by atoms with Gasteiger partial charge in [-0.1, -0.05) is 30.3 Å². The highest BCUT2D eigenvalue weighted by Gasteiger charge is 2.17. The number of rotatable bonds is 7. The van der Waals surface area contributed by atoms with Crippen molar-refractivity contribution in [3.63, 3.8) is 0 Å². The van der Waals surface area contributed by atoms with Gasteiger partial charge in [-0.3, -0.25) is 4.79 Å². The highest BCUT2D eigenvalue weighted by atomic mass is 32.2. The molecule has 1 aromatic heterocycles. The minimum Gasteiger partial charge on any atom is -0.391 e. The normalized spacial score (nSPS) is 12.2. The SMILES string of the molecule is O=C(NCC(O)Cc1ccccc1)c1cccnc1SC(F)F. The number of pyridine rings is 1. The molecule has 2 aromatic rings. The molecule has 0 aliphatic heterocycles. The number of nitrogens with one attached hydrogen (secondary N) is 1. The molecule has 2 rings (SSSR count). The van der Waals surface area contributed by atoms with Crippen LogP contribution in [0.1, 0.15) is 15.9 Å². The molecule has 0 aliphatic rings. The molecular formula is C16H16F2N2O2S. The summed E-state index contributed by atoms with van der Waals surface area (Å²) in [6, 6.07) is 12.3. The quantitative estimate of drug-likeness (QED) is 0.762. The van der Waals surface area contributed by atoms with E-state index >= 15 is 0 Å². The molecule has 0 aliphatic carbocycles. The number of amides is 1. The molecule has 4 nitrogen and oxygen atoms in total. The number of thioether (sulfide) groups is 1. The number of hydrogen-bond donors (Lipinski definition) is 2. The average Bonchev–Trinajstić information content (AvgIpc) is 2.53. The van der Waals surface area contributed by atoms with Gasteiger partial charge in [-0.2, -0.15) is 8.78 Å². The number of aliphatic hydroxyl groups is 1. The summed E-state index contributed by atoms with van der Waals surface area (Å²) in [4.78, 5) is 15.9. The highest BCUT2D eigenvalue weighted by molar-refractivity contribution is 7.99. The van der Waals surface area contributed by atoms with Crippen molar-refractivity contribution < 1.29 is 18.7 Å². The number of nitrogens with zero attached hydrogens (tertiary/aromatic N) is 1. The number of benzene rings is 1. The first-order valence-corrected chi connectivity index (χ1v) is 7.84. The number of halogens is 2. The molecule has 0 radical (unpaired) electrons. The van der Waals surface area contributed by atoms with Crippen molar-refractivity contribution >= 4 is 17.7 Å². The fourth-order valence-corrected chi connectivity index (χ4v) is 2.58. The second-order valence-electron chi connectivity index (χ2n) is 4.79. The fraction of sp³-hybridized carbons (Fsp3) is 0.250. The van der Waals surface area contributed by atoms with Gasteiger partial charge in [0.2, 0.25) is 0 Å². The average molecular weight is 338 g/mol. The van der Waals surface area contributed by atoms with Crippen molar-refractivity contribution in [3.8, 4) is 0 Å². The van der Waals surface area contributed by atoms with E-state index < -0.39 is 17.8 Å². The van der Waals surface area contributed by atoms with Crippen LogP contribution < -0.4 is 5.32 Å². The molecule has 0 bridgehead atoms. The Balaban J connectivity index is 1.92. The molecule has 1 unspecified atom stereocenters. The highest BCUT2D eigenvalue weighted by Crippen LogP contribution is 2.26. The molecule has 0 saturated carbocycles. The summed E-state index contributed by atoms with van der Waals surface area (Å²) >= 11 is 0.222. The standard InChI is InChI=1S/C16H16F2N2O2S/c17-16(18)23-15-13(7-4-8-19-15)14(22)20-10-12(21)9-11-5-2-1-3-6-11/h1-8,12,16,21H,9-10H2,(H,20,22). The Kier molecular flexibility index (Phi) is 6.49. The summed E-state index contributed by atoms with van der Waals surface area (Å²) in [7, 11) is 0. The van der Waals surface area contributed by atoms with Gasteiger partial charge in [0.1, 0.15) is 5.03 Å². The summed E-state index contributed by atoms with van der Waals surface area (Å²) < 4.78 is 24.9. The van der Waals surface area contributed by atoms with Crippen LogP contribution in [0.4, 0.5) is 8.78 Å². The molecule has 1 atom stereocenters. The predicted octanol–water partition coefficient (Wildman–Crippen LogP) is 2.73. The van der Waals surface area contributed by atoms with Crippen LogP contribution in [0.15, 0.2) is 53.7 Å². The van der Waals surface area contributed by atoms with Crippen LogP contribution in [0, 0.1) is 0 Å². The molecule has 0 saturated heterocycles. The van der Waals surface area contributed by atoms with Gasteiger partial charge in [-0.15, -0.1) is 0 Å². The van der Waals surface area contributed by atoms with E-state index in [0.29, 0.717) is 6.42 Å². The van der Waals surface area contributed by atoms with Crippen LogP contribution in [0.2, 0.25) is 0 Å². The summed E-state index contributed by atoms with van der Waals surface area (Å²) in [5.74, 6) is -3.19. The Labute approximate surface area is 136 Å². The zero-order valence-corrected chi connectivity index (χ0v) is 13.0. The van der Waals surface area contributed by atoms with Gasteiger partial charge in [0.15, 0.2) is 0 Å². The van der Waals surface area contributed by atoms with Gasteiger partial charge in [-0.25, -0.2) is 4.98 Å². The molecule has 0 fully saturated rings. The maximum absolute atomic E-state index is 12.5. The van der Waals surface area contributed by atoms with E-state index in [9.17, 15) is 18.7 Å². The lowest BCUT2D eigenvalue weighted by Crippen LogP contribution is -2.33. The molecule has 23 heavy (non-hydrogen) atoms. The van der Waals surface area contributed by atoms with Crippen LogP contribution in [-0.4, -0.2) is 34.4 Å². The Bertz CT molecular complexity index is 641. The number of carbonyl (C=O) groups excluding carboxylic acids is 1. The molecule has 1 aromatic carbocycles. The molecule has 122 valence electrons. The smallest absolute Gasteiger partial charge is 0.290 e. The maximum atomic E-state index is 12.5. The van der Waals surface area contributed by atoms with Crippen LogP contribution in [-0.2, 0) is 6.42 Å². The number of aliphatic hydroxyl groups excluding tert-OH is 1. The third-order valence-electron chi connectivity index (χ3n) is 3.03. The molecule has 1 amide bonds. The lowest BCUT2D eigenvalue weighted by molar-refractivity contribution is 0.0912. The van der Waals surface area contributed by atoms with Gasteiger partial charge in [0, 0.05) is 19.2 Å². The number of alkyl halides is 2. The number of carbonyl (C=O) groups is 1. The van der Waals surface area contributed by atoms with E-state index in [4.69, 9.17) is 0 Å². The molecule has 0 spiro atoms. The van der Waals surface area contributed by atoms with E-state index in [0.717, 1.165) is 5.56 Å². The first-order valence-electron chi connectivity index (χ1n) is 6.96. The van der Waals surface area contributed by atoms with Crippen LogP contribution in [0.25, 0.3) is 0 Å². The third kappa shape index (κ3) is 5.61. The van der Waals surface area contributed by atoms with E-state index in [1.54, 1.807) is 0 Å². The van der Waals surface area contributed by atoms with Gasteiger partial charge in [0.05, 0.1) is 11.7 Å². The summed E-state index contributed by atoms with van der Waals surface area (Å²) in [5.41, 5.74) is 1.02. The van der Waals surface area contributed by atoms with E-state index in [1.807, 2.05) is 30.3 Å². The van der Waals surface area contributed by atoms with Crippen LogP contribution in [0.5, 0.6) is 0 Å². The second-order valence-corrected chi connectivity index (χ2v) is 5.77. The van der Waals surface area contributed by atoms with E-state index in [1.165, 1.54) is 18.3 Å². The Morgan fingerprint density at radius 3 is 2.65 bits per heavy atom. The Morgan fingerprint density at radius 2 is 1.96 bits per heavy atom. The first kappa shape index (κ1) is 17.4. The number of hydrogen-bond acceptors (Lipinski definition) is 4. The van der Waals surface area contributed by atoms with Crippen molar-refractivity contribution in [2.24, 2.45) is 0 Å². The fourth-order valence-electron chi connectivity index (χ4n) is 2.01. The lowest BCUT2D eigenvalue weighted by atomic mass is 10.1. The predicted molar refractivity (Wildman–Crippen MR) is 84.6 cm³/mol. The van der Waals surface area contributed by atoms with Crippen LogP contribution in [0.3, 0.4) is 0 Å². The maximum Gasteiger partial charge on any atom is 0.290 e. The summed E-state index contributed by atoms with van der Waals surface area (Å²) in [5, 5.41) is 12.5. The Hall–Kier alpha value is -1.99. The van der Waals surface area contributed by atoms with Crippen molar-refractivity contribution in [2.45, 2.75) is 23.3 Å². The molecule has 2 N–H and O–H groups in total. The largest absolute Gasteiger partial charge is 0.391 e. The molecule has 7 heteroatoms. The molecular weight excluding hydrogens is 322 g/mol. The van der Waals surface area contributed by atoms with Crippen molar-refractivity contribution in [3.05, 3.63) is 59.8 Å². The minimum atomic E-state index is -2.65. The summed E-state index contributed by atoms with van der Waals surface area (Å²) in [6.45, 7) is 0.0292. The van der Waals surface area contributed by atoms with Gasteiger partial charge in [-0.05, 0) is 29.5 Å². The van der Waals surface area contributed by atoms with Gasteiger partial charge in [0.25, 0.3) is 11.7 Å². The zero-order valence-electron chi connectivity index (χ0n) is 12.2. The van der Waals surface area contributed by atoms with Crippen molar-refractivity contribution in [1.82, 2.24) is 10.3 Å². The third-order valence-corrected chi connectivity index (χ3v) is 3.76. The molecule has 1 heterocycles. The van der Waals surface area contributed by atoms with Crippen LogP contribution >= 0.6 is 11.8 Å². The van der Waals surface area contributed by atoms with Gasteiger partial charge < -0.3 is 10.4 Å². The monoisotopic (exact) mass is 338 g/mol. The second kappa shape index (κ2) is 8.59. The Morgan fingerprint density at radius 1 is 1.22 bits per heavy atom. The van der Waals surface area contributed by atoms with Gasteiger partial charge >= 0.3 is 0 Å². The summed E-state index contributed by atoms with van der Waals surface area (Å²) in [6.07, 6.45) is 0.989. The van der Waals surface area contributed by atoms with E-state index in [-0.39, 0.29) is 28.9 Å². The van der Waals surface area contributed by atoms with Crippen molar-refractivity contribution in [1.29, 1.82) is 0 Å². The van der Waals surface area contributed by atoms with E-state index in [2.05, 4.69) is 10.3 Å². The van der Waals surface area contributed by atoms with Crippen molar-refractivity contribution in [2.75, 3.05) is 6.54 Å². The minimum absolute atomic E-state index is 0.0292. The topological polar surface area (TPSA) is 62.2 Å². The zero-order chi connectivity index (χ0) is 16.7. The number of aromatic nitrogens is 1.